The second-order valence-corrected chi connectivity index (χ2v) is 27.0. The molecule has 0 bridgehead atoms. The maximum absolute atomic E-state index is 11.8. The largest absolute Gasteiger partial charge is 0.456 e. The predicted octanol–water partition coefficient (Wildman–Crippen LogP) is 7.47. The van der Waals surface area contributed by atoms with Crippen LogP contribution >= 0.6 is 8.58 Å². The fourth-order valence-electron chi connectivity index (χ4n) is 4.39. The summed E-state index contributed by atoms with van der Waals surface area (Å²) in [6.45, 7) is 26.4. The molecule has 2 unspecified atom stereocenters. The summed E-state index contributed by atoms with van der Waals surface area (Å²) < 4.78 is 12.9. The van der Waals surface area contributed by atoms with Gasteiger partial charge in [-0.25, -0.2) is 0 Å². The van der Waals surface area contributed by atoms with Gasteiger partial charge in [0.25, 0.3) is 0 Å². The molecule has 0 amide bonds. The van der Waals surface area contributed by atoms with Gasteiger partial charge < -0.3 is 8.85 Å². The van der Waals surface area contributed by atoms with Crippen LogP contribution in [-0.4, -0.2) is 56.0 Å². The van der Waals surface area contributed by atoms with Crippen molar-refractivity contribution in [3.8, 4) is 0 Å². The number of hydrogen-bond acceptors (Lipinski definition) is 3. The van der Waals surface area contributed by atoms with Crippen molar-refractivity contribution in [1.29, 1.82) is 0 Å². The van der Waals surface area contributed by atoms with Gasteiger partial charge >= 0.3 is 0 Å². The van der Waals surface area contributed by atoms with Crippen molar-refractivity contribution >= 4 is 39.1 Å². The minimum absolute atomic E-state index is 0.191. The third-order valence-corrected chi connectivity index (χ3v) is 21.8. The highest BCUT2D eigenvalue weighted by Gasteiger charge is 2.37. The zero-order valence-electron chi connectivity index (χ0n) is 21.6. The lowest BCUT2D eigenvalue weighted by molar-refractivity contribution is -0.115. The molecule has 0 radical (unpaired) electrons. The summed E-state index contributed by atoms with van der Waals surface area (Å²) >= 11 is 0. The van der Waals surface area contributed by atoms with Crippen LogP contribution in [0.5, 0.6) is 0 Å². The van der Waals surface area contributed by atoms with Crippen LogP contribution in [0.1, 0.15) is 46.0 Å². The van der Waals surface area contributed by atoms with Gasteiger partial charge in [-0.15, -0.1) is 8.58 Å². The van der Waals surface area contributed by atoms with Crippen molar-refractivity contribution in [1.82, 2.24) is 0 Å². The number of ketones is 1. The van der Waals surface area contributed by atoms with E-state index in [1.165, 1.54) is 30.6 Å². The molecule has 0 aromatic carbocycles. The molecule has 0 aromatic heterocycles. The second-order valence-electron chi connectivity index (χ2n) is 11.0. The van der Waals surface area contributed by atoms with Gasteiger partial charge in [-0.1, -0.05) is 45.5 Å². The highest BCUT2D eigenvalue weighted by atomic mass is 31.1. The first kappa shape index (κ1) is 30.4. The molecule has 30 heavy (non-hydrogen) atoms. The van der Waals surface area contributed by atoms with Crippen LogP contribution in [0.2, 0.25) is 57.0 Å². The molecule has 0 aliphatic heterocycles. The van der Waals surface area contributed by atoms with Crippen molar-refractivity contribution in [3.05, 3.63) is 12.2 Å². The van der Waals surface area contributed by atoms with Gasteiger partial charge in [0.05, 0.1) is 6.61 Å². The smallest absolute Gasteiger partial charge is 0.173 e. The summed E-state index contributed by atoms with van der Waals surface area (Å²) in [5.74, 6) is 0.191. The summed E-state index contributed by atoms with van der Waals surface area (Å²) in [5, 5.41) is 0. The van der Waals surface area contributed by atoms with Crippen molar-refractivity contribution in [3.63, 3.8) is 0 Å². The third-order valence-electron chi connectivity index (χ3n) is 5.65. The van der Waals surface area contributed by atoms with Gasteiger partial charge in [-0.05, 0) is 69.9 Å². The number of carbonyl (C=O) groups excluding carboxylic acids is 1. The highest BCUT2D eigenvalue weighted by molar-refractivity contribution is 7.37. The average molecular weight is 491 g/mol. The quantitative estimate of drug-likeness (QED) is 0.0865. The van der Waals surface area contributed by atoms with Crippen molar-refractivity contribution in [2.75, 3.05) is 19.9 Å². The fourth-order valence-corrected chi connectivity index (χ4v) is 24.7. The minimum atomic E-state index is -1.65. The number of hydrogen-bond donors (Lipinski definition) is 0. The van der Waals surface area contributed by atoms with E-state index in [0.29, 0.717) is 17.7 Å². The third kappa shape index (κ3) is 15.3. The van der Waals surface area contributed by atoms with Crippen LogP contribution in [0.25, 0.3) is 0 Å². The van der Waals surface area contributed by atoms with E-state index in [1.807, 2.05) is 0 Å². The van der Waals surface area contributed by atoms with Gasteiger partial charge in [-0.3, -0.25) is 4.79 Å². The highest BCUT2D eigenvalue weighted by Crippen LogP contribution is 2.30. The number of unbranched alkanes of at least 4 members (excludes halogenated alkanes) is 1. The molecule has 0 spiro atoms. The molecule has 3 nitrogen and oxygen atoms in total. The number of allylic oxidation sites excluding steroid dienone is 1. The Kier molecular flexibility index (Phi) is 14.7. The summed E-state index contributed by atoms with van der Waals surface area (Å²) in [5.41, 5.74) is 2.55. The first-order valence-corrected chi connectivity index (χ1v) is 23.1. The van der Waals surface area contributed by atoms with Gasteiger partial charge in [0.15, 0.2) is 22.4 Å². The average Bonchev–Trinajstić information content (AvgIpc) is 2.59. The molecule has 0 aliphatic rings. The molecule has 2 atom stereocenters. The van der Waals surface area contributed by atoms with Gasteiger partial charge in [0.2, 0.25) is 0 Å². The second kappa shape index (κ2) is 14.5. The minimum Gasteiger partial charge on any atom is -0.456 e. The van der Waals surface area contributed by atoms with Crippen LogP contribution in [0.15, 0.2) is 12.2 Å². The van der Waals surface area contributed by atoms with E-state index >= 15 is 0 Å². The monoisotopic (exact) mass is 490 g/mol. The molecule has 0 saturated carbocycles. The van der Waals surface area contributed by atoms with E-state index in [4.69, 9.17) is 8.85 Å². The number of rotatable bonds is 18. The maximum Gasteiger partial charge on any atom is 0.173 e. The fraction of sp³-hybridized carbons (Fsp3) is 0.870. The standard InChI is InChI=1S/C23H51O3PSi3/c1-11-12-17-28(5,6)20-30(9,10)26-29(7,8)18-13-16-25-19-22(27-4)14-15-23(24)21(2)3/h22,27H,2,11-20H2,1,3-10H3. The molecular weight excluding hydrogens is 439 g/mol. The van der Waals surface area contributed by atoms with Crippen molar-refractivity contribution in [2.24, 2.45) is 0 Å². The first-order valence-electron chi connectivity index (χ1n) is 11.9. The summed E-state index contributed by atoms with van der Waals surface area (Å²) in [7, 11) is -3.57. The van der Waals surface area contributed by atoms with Crippen LogP contribution in [-0.2, 0) is 13.6 Å². The molecule has 0 aromatic rings. The first-order chi connectivity index (χ1) is 13.7. The Bertz CT molecular complexity index is 522. The molecule has 0 rings (SSSR count). The molecule has 0 saturated heterocycles. The lowest BCUT2D eigenvalue weighted by atomic mass is 10.1. The Morgan fingerprint density at radius 3 is 2.20 bits per heavy atom. The molecule has 0 N–H and O–H groups in total. The van der Waals surface area contributed by atoms with Crippen LogP contribution in [0, 0.1) is 0 Å². The Morgan fingerprint density at radius 2 is 1.67 bits per heavy atom. The van der Waals surface area contributed by atoms with Crippen LogP contribution in [0.3, 0.4) is 0 Å². The molecule has 7 heteroatoms. The maximum atomic E-state index is 11.8. The summed E-state index contributed by atoms with van der Waals surface area (Å²) in [4.78, 5) is 11.8. The van der Waals surface area contributed by atoms with Crippen molar-refractivity contribution in [2.45, 2.75) is 109 Å². The Balaban J connectivity index is 4.29. The zero-order valence-corrected chi connectivity index (χ0v) is 25.6. The lowest BCUT2D eigenvalue weighted by Gasteiger charge is -2.38. The summed E-state index contributed by atoms with van der Waals surface area (Å²) in [6.07, 6.45) is 5.30. The van der Waals surface area contributed by atoms with Gasteiger partial charge in [0, 0.05) is 26.8 Å². The summed E-state index contributed by atoms with van der Waals surface area (Å²) in [6, 6.07) is 2.62. The Morgan fingerprint density at radius 1 is 1.03 bits per heavy atom. The predicted molar refractivity (Wildman–Crippen MR) is 145 cm³/mol. The normalized spacial score (nSPS) is 14.4. The van der Waals surface area contributed by atoms with E-state index in [2.05, 4.69) is 59.4 Å². The molecule has 0 aliphatic carbocycles. The van der Waals surface area contributed by atoms with E-state index in [9.17, 15) is 4.79 Å². The Hall–Kier alpha value is 0.411. The van der Waals surface area contributed by atoms with E-state index < -0.39 is 24.7 Å². The molecule has 178 valence electrons. The lowest BCUT2D eigenvalue weighted by Crippen LogP contribution is -2.49. The number of carbonyl (C=O) groups is 1. The Labute approximate surface area is 193 Å². The van der Waals surface area contributed by atoms with Crippen LogP contribution in [0.4, 0.5) is 0 Å². The van der Waals surface area contributed by atoms with E-state index in [0.717, 1.165) is 34.6 Å². The molecule has 0 fully saturated rings. The van der Waals surface area contributed by atoms with E-state index in [-0.39, 0.29) is 5.78 Å². The number of Topliss-reactive ketones (excluding diaryl/α,β-unsaturated/α-hetero) is 1. The number of ether oxygens (including phenoxy) is 1. The molecular formula is C23H51O3PSi3. The molecule has 0 heterocycles. The van der Waals surface area contributed by atoms with Crippen LogP contribution < -0.4 is 0 Å². The van der Waals surface area contributed by atoms with E-state index in [1.54, 1.807) is 6.92 Å². The topological polar surface area (TPSA) is 35.5 Å². The van der Waals surface area contributed by atoms with Gasteiger partial charge in [-0.2, -0.15) is 0 Å². The van der Waals surface area contributed by atoms with Gasteiger partial charge in [0.1, 0.15) is 0 Å². The van der Waals surface area contributed by atoms with Crippen molar-refractivity contribution < 1.29 is 13.6 Å². The zero-order chi connectivity index (χ0) is 23.4. The SMILES string of the molecule is C=C(C)C(=O)CCC(COCCC[Si](C)(C)O[Si](C)(C)C[Si](C)(C)CCCC)PC.